The number of carbonyl (C=O) groups excluding carboxylic acids is 9. The number of likely N-dealkylation sites (N-methyl/N-ethyl adjacent to an activating group) is 1. The summed E-state index contributed by atoms with van der Waals surface area (Å²) in [5, 5.41) is 20.7. The van der Waals surface area contributed by atoms with E-state index in [2.05, 4.69) is 113 Å². The van der Waals surface area contributed by atoms with E-state index < -0.39 is 88.6 Å². The van der Waals surface area contributed by atoms with Gasteiger partial charge in [-0.05, 0) is 166 Å². The third-order valence-electron chi connectivity index (χ3n) is 12.0. The highest BCUT2D eigenvalue weighted by atomic mass is 31.2. The standard InChI is InChI=1S/C15H29NO2Si.C15H30O3Si.C11H18O4.2C9H16O3.C6H14NO3P.C6H12O2.C3H4O.C2H6/c1-9-13(11-10-12-14(17)16(5)6)18-19(7,8)15(2,3)4;1-10-12(11-13(16)17-14(2,3)4)18-19(8,9)15(5,6)7;1-6-9(14-8(2)12)7-10(13)15-11(3,4)5;2*1-5-7(10)6-8(11)12-9(2,3)4;1-4-10-11(3,9)5-6(8)7-2;1-5(7)8-6(2,3)4;1-2-3-4;1-2/h9-10,12-13H,1,11H2,2-8H3;10,12H,1,11H2,2-9H3;6,9H,1,7H2,2-5H3;2*5,7,10H,1,6H2,2-4H3;4-5H2,1-3H3,(H,7,8);1-4H3;2-3H,1H2;1-2H3/b12-10+;;;;;;;;/t13-;12-;9-;7-;;;;;/m0010...../s1. The molecule has 102 heavy (non-hydrogen) atoms. The van der Waals surface area contributed by atoms with Gasteiger partial charge in [-0.25, -0.2) is 0 Å². The van der Waals surface area contributed by atoms with Crippen molar-refractivity contribution >= 4 is 77.9 Å². The number of aldehydes is 1. The van der Waals surface area contributed by atoms with Gasteiger partial charge in [-0.1, -0.05) is 105 Å². The maximum Gasteiger partial charge on any atom is 0.310 e. The molecule has 0 heterocycles. The Kier molecular flexibility index (Phi) is 63.4. The number of hydrogen-bond acceptors (Lipinski definition) is 21. The number of rotatable bonds is 26. The van der Waals surface area contributed by atoms with Crippen molar-refractivity contribution < 1.29 is 99.7 Å². The summed E-state index contributed by atoms with van der Waals surface area (Å²) < 4.78 is 58.5. The van der Waals surface area contributed by atoms with Crippen LogP contribution in [0.3, 0.4) is 0 Å². The zero-order chi connectivity index (χ0) is 83.5. The van der Waals surface area contributed by atoms with Crippen LogP contribution >= 0.6 is 7.37 Å². The Hall–Kier alpha value is -5.93. The van der Waals surface area contributed by atoms with Crippen LogP contribution in [0.15, 0.2) is 88.1 Å². The second kappa shape index (κ2) is 56.5. The van der Waals surface area contributed by atoms with E-state index in [0.29, 0.717) is 19.3 Å². The molecule has 2 unspecified atom stereocenters. The molecule has 0 aliphatic carbocycles. The van der Waals surface area contributed by atoms with E-state index in [1.165, 1.54) is 51.9 Å². The molecular formula is C76H145N2O21PSi2. The first kappa shape index (κ1) is 115. The summed E-state index contributed by atoms with van der Waals surface area (Å²) in [5.41, 5.74) is -2.29. The van der Waals surface area contributed by atoms with Crippen molar-refractivity contribution in [1.82, 2.24) is 10.2 Å². The summed E-state index contributed by atoms with van der Waals surface area (Å²) in [5.74, 6) is -2.38. The molecule has 0 aliphatic heterocycles. The number of ether oxygens (including phenoxy) is 6. The number of hydrogen-bond donors (Lipinski definition) is 3. The fourth-order valence-corrected chi connectivity index (χ4v) is 9.68. The van der Waals surface area contributed by atoms with E-state index in [9.17, 15) is 42.9 Å². The molecule has 0 aromatic heterocycles. The lowest BCUT2D eigenvalue weighted by molar-refractivity contribution is -0.160. The Morgan fingerprint density at radius 2 is 0.804 bits per heavy atom. The van der Waals surface area contributed by atoms with E-state index in [1.807, 2.05) is 67.5 Å². The highest BCUT2D eigenvalue weighted by molar-refractivity contribution is 7.59. The number of aliphatic hydroxyl groups excluding tert-OH is 2. The van der Waals surface area contributed by atoms with E-state index in [1.54, 1.807) is 100 Å². The van der Waals surface area contributed by atoms with E-state index in [0.717, 1.165) is 0 Å². The van der Waals surface area contributed by atoms with Gasteiger partial charge in [0.05, 0.1) is 56.7 Å². The van der Waals surface area contributed by atoms with Crippen LogP contribution in [0.1, 0.15) is 212 Å². The normalized spacial score (nSPS) is 13.4. The van der Waals surface area contributed by atoms with Gasteiger partial charge in [-0.3, -0.25) is 47.7 Å². The van der Waals surface area contributed by atoms with Crippen molar-refractivity contribution in [3.05, 3.63) is 88.1 Å². The fraction of sp³-hybridized carbons (Fsp3) is 0.697. The molecule has 0 aromatic rings. The first-order valence-electron chi connectivity index (χ1n) is 34.0. The van der Waals surface area contributed by atoms with Gasteiger partial charge >= 0.3 is 35.8 Å². The molecule has 6 atom stereocenters. The number of nitrogens with zero attached hydrogens (tertiary/aromatic N) is 1. The molecule has 598 valence electrons. The number of carbonyl (C=O) groups is 9. The number of aliphatic hydroxyl groups is 2. The van der Waals surface area contributed by atoms with Gasteiger partial charge in [0.2, 0.25) is 19.2 Å². The number of amides is 2. The quantitative estimate of drug-likeness (QED) is 0.0138. The van der Waals surface area contributed by atoms with E-state index >= 15 is 0 Å². The minimum atomic E-state index is -2.68. The first-order valence-corrected chi connectivity index (χ1v) is 42.1. The third-order valence-corrected chi connectivity index (χ3v) is 22.7. The molecule has 0 radical (unpaired) electrons. The second-order valence-electron chi connectivity index (χ2n) is 30.7. The molecule has 3 N–H and O–H groups in total. The predicted molar refractivity (Wildman–Crippen MR) is 420 cm³/mol. The maximum absolute atomic E-state index is 11.8. The van der Waals surface area contributed by atoms with Crippen molar-refractivity contribution in [3.63, 3.8) is 0 Å². The number of esters is 6. The Balaban J connectivity index is -0.000000141. The van der Waals surface area contributed by atoms with Crippen molar-refractivity contribution in [2.45, 2.75) is 307 Å². The molecule has 0 fully saturated rings. The van der Waals surface area contributed by atoms with Crippen LogP contribution in [-0.4, -0.2) is 185 Å². The maximum atomic E-state index is 11.8. The summed E-state index contributed by atoms with van der Waals surface area (Å²) in [6.07, 6.45) is 11.2. The molecule has 2 amide bonds. The van der Waals surface area contributed by atoms with Crippen LogP contribution in [-0.2, 0) is 89.5 Å². The molecule has 23 nitrogen and oxygen atoms in total. The fourth-order valence-electron chi connectivity index (χ4n) is 5.77. The van der Waals surface area contributed by atoms with Crippen molar-refractivity contribution in [3.8, 4) is 0 Å². The number of allylic oxidation sites excluding steroid dienone is 1. The number of nitrogens with one attached hydrogen (secondary N) is 1. The highest BCUT2D eigenvalue weighted by Crippen LogP contribution is 2.42. The first-order chi connectivity index (χ1) is 45.6. The molecular weight excluding hydrogens is 1360 g/mol. The van der Waals surface area contributed by atoms with Gasteiger partial charge in [-0.2, -0.15) is 0 Å². The zero-order valence-corrected chi connectivity index (χ0v) is 72.7. The Labute approximate surface area is 620 Å². The van der Waals surface area contributed by atoms with Crippen LogP contribution < -0.4 is 5.32 Å². The third kappa shape index (κ3) is 83.0. The zero-order valence-electron chi connectivity index (χ0n) is 69.8. The summed E-state index contributed by atoms with van der Waals surface area (Å²) in [6, 6.07) is 0. The smallest absolute Gasteiger partial charge is 0.310 e. The second-order valence-corrected chi connectivity index (χ2v) is 42.8. The molecule has 0 saturated heterocycles. The lowest BCUT2D eigenvalue weighted by Crippen LogP contribution is -2.44. The van der Waals surface area contributed by atoms with Crippen molar-refractivity contribution in [2.75, 3.05) is 40.6 Å². The van der Waals surface area contributed by atoms with Gasteiger partial charge in [0.15, 0.2) is 16.6 Å². The molecule has 26 heteroatoms. The molecule has 0 rings (SSSR count). The van der Waals surface area contributed by atoms with Crippen LogP contribution in [0, 0.1) is 0 Å². The van der Waals surface area contributed by atoms with Gasteiger partial charge in [0.25, 0.3) is 0 Å². The average Bonchev–Trinajstić information content (AvgIpc) is 0.837. The summed E-state index contributed by atoms with van der Waals surface area (Å²) in [4.78, 5) is 98.9. The highest BCUT2D eigenvalue weighted by Gasteiger charge is 2.40. The van der Waals surface area contributed by atoms with Gasteiger partial charge in [0, 0.05) is 41.7 Å². The molecule has 0 bridgehead atoms. The predicted octanol–water partition coefficient (Wildman–Crippen LogP) is 15.7. The summed E-state index contributed by atoms with van der Waals surface area (Å²) in [7, 11) is -1.37. The van der Waals surface area contributed by atoms with Crippen molar-refractivity contribution in [2.24, 2.45) is 0 Å². The SMILES string of the molecule is C=CC(O)CC(=O)OC(C)(C)C.C=CC=O.C=C[C@@H](C/C=C/C(=O)N(C)C)O[Si](C)(C)C(C)(C)C.C=C[C@@H](CC(=O)OC(C)(C)C)O[Si](C)(C)C(C)(C)C.C=C[C@H](CC(=O)OC(C)(C)C)OC(C)=O.C=C[C@H](O)CC(=O)OC(C)(C)C.CC.CC(=O)OC(C)(C)C.CCOP(C)(=O)CC(=O)NC. The Morgan fingerprint density at radius 1 is 0.510 bits per heavy atom. The minimum Gasteiger partial charge on any atom is -0.460 e. The monoisotopic (exact) mass is 1510 g/mol. The molecule has 0 aromatic carbocycles. The summed E-state index contributed by atoms with van der Waals surface area (Å²) >= 11 is 0. The Bertz CT molecular complexity index is 2500. The molecule has 0 aliphatic rings. The molecule has 0 spiro atoms. The van der Waals surface area contributed by atoms with E-state index in [4.69, 9.17) is 56.8 Å². The minimum absolute atomic E-state index is 0.000347. The largest absolute Gasteiger partial charge is 0.460 e. The van der Waals surface area contributed by atoms with Crippen LogP contribution in [0.4, 0.5) is 0 Å². The molecule has 0 saturated carbocycles. The van der Waals surface area contributed by atoms with Crippen LogP contribution in [0.2, 0.25) is 36.3 Å². The van der Waals surface area contributed by atoms with Crippen molar-refractivity contribution in [1.29, 1.82) is 0 Å². The van der Waals surface area contributed by atoms with Gasteiger partial charge in [-0.15, -0.1) is 26.3 Å². The van der Waals surface area contributed by atoms with Crippen LogP contribution in [0.5, 0.6) is 0 Å². The van der Waals surface area contributed by atoms with E-state index in [-0.39, 0.29) is 83.5 Å². The Morgan fingerprint density at radius 3 is 1.02 bits per heavy atom. The lowest BCUT2D eigenvalue weighted by Gasteiger charge is -2.38. The van der Waals surface area contributed by atoms with Gasteiger partial charge in [0.1, 0.15) is 46.6 Å². The van der Waals surface area contributed by atoms with Gasteiger partial charge < -0.3 is 62.2 Å². The van der Waals surface area contributed by atoms with Crippen LogP contribution in [0.25, 0.3) is 0 Å². The summed E-state index contributed by atoms with van der Waals surface area (Å²) in [6.45, 7) is 80.3. The lowest BCUT2D eigenvalue weighted by atomic mass is 10.2. The average molecular weight is 1510 g/mol. The topological polar surface area (TPSA) is 309 Å².